The van der Waals surface area contributed by atoms with Gasteiger partial charge < -0.3 is 14.8 Å². The van der Waals surface area contributed by atoms with E-state index in [0.717, 1.165) is 11.1 Å². The molecule has 1 N–H and O–H groups in total. The van der Waals surface area contributed by atoms with Gasteiger partial charge in [0.2, 0.25) is 5.78 Å². The highest BCUT2D eigenvalue weighted by atomic mass is 16.6. The number of carbonyl (C=O) groups excluding carboxylic acids is 2. The van der Waals surface area contributed by atoms with Gasteiger partial charge in [-0.15, -0.1) is 0 Å². The summed E-state index contributed by atoms with van der Waals surface area (Å²) < 4.78 is 11.0. The second-order valence-electron chi connectivity index (χ2n) is 6.55. The summed E-state index contributed by atoms with van der Waals surface area (Å²) in [5, 5.41) is 2.65. The Hall–Kier alpha value is -3.60. The van der Waals surface area contributed by atoms with Gasteiger partial charge in [0.25, 0.3) is 0 Å². The lowest BCUT2D eigenvalue weighted by atomic mass is 10.1. The summed E-state index contributed by atoms with van der Waals surface area (Å²) in [5.41, 5.74) is 2.42. The second-order valence-corrected chi connectivity index (χ2v) is 6.55. The van der Waals surface area contributed by atoms with Crippen LogP contribution >= 0.6 is 0 Å². The smallest absolute Gasteiger partial charge is 0.408 e. The van der Waals surface area contributed by atoms with E-state index in [0.29, 0.717) is 24.5 Å². The highest BCUT2D eigenvalue weighted by Gasteiger charge is 2.20. The SMILES string of the molecule is C[C@H](OC(=O)NCc1ccccc1)C(=O)c1cccc(OCc2ccccc2)c1. The Morgan fingerprint density at radius 2 is 1.52 bits per heavy atom. The molecule has 3 rings (SSSR count). The largest absolute Gasteiger partial charge is 0.489 e. The van der Waals surface area contributed by atoms with Gasteiger partial charge in [-0.25, -0.2) is 4.79 Å². The van der Waals surface area contributed by atoms with Gasteiger partial charge in [0.1, 0.15) is 12.4 Å². The topological polar surface area (TPSA) is 64.6 Å². The van der Waals surface area contributed by atoms with Gasteiger partial charge in [0.15, 0.2) is 6.10 Å². The van der Waals surface area contributed by atoms with Gasteiger partial charge in [0, 0.05) is 12.1 Å². The van der Waals surface area contributed by atoms with Crippen molar-refractivity contribution in [1.29, 1.82) is 0 Å². The summed E-state index contributed by atoms with van der Waals surface area (Å²) in [7, 11) is 0. The van der Waals surface area contributed by atoms with Crippen LogP contribution in [-0.4, -0.2) is 18.0 Å². The third-order valence-electron chi connectivity index (χ3n) is 4.30. The normalized spacial score (nSPS) is 11.3. The van der Waals surface area contributed by atoms with Crippen molar-refractivity contribution in [1.82, 2.24) is 5.32 Å². The lowest BCUT2D eigenvalue weighted by Crippen LogP contribution is -2.31. The van der Waals surface area contributed by atoms with Gasteiger partial charge >= 0.3 is 6.09 Å². The molecule has 3 aromatic rings. The maximum absolute atomic E-state index is 12.6. The molecule has 0 unspecified atom stereocenters. The summed E-state index contributed by atoms with van der Waals surface area (Å²) in [6, 6.07) is 26.1. The fraction of sp³-hybridized carbons (Fsp3) is 0.167. The molecule has 1 atom stereocenters. The Bertz CT molecular complexity index is 941. The summed E-state index contributed by atoms with van der Waals surface area (Å²) in [6.45, 7) is 2.30. The highest BCUT2D eigenvalue weighted by Crippen LogP contribution is 2.17. The molecule has 29 heavy (non-hydrogen) atoms. The molecule has 0 heterocycles. The Balaban J connectivity index is 1.52. The minimum atomic E-state index is -0.907. The van der Waals surface area contributed by atoms with Crippen molar-refractivity contribution in [3.63, 3.8) is 0 Å². The first-order valence-electron chi connectivity index (χ1n) is 9.41. The van der Waals surface area contributed by atoms with E-state index >= 15 is 0 Å². The number of benzene rings is 3. The second kappa shape index (κ2) is 10.1. The third kappa shape index (κ3) is 6.21. The molecule has 0 saturated carbocycles. The van der Waals surface area contributed by atoms with Crippen molar-refractivity contribution in [2.75, 3.05) is 0 Å². The van der Waals surface area contributed by atoms with Crippen molar-refractivity contribution in [3.05, 3.63) is 102 Å². The lowest BCUT2D eigenvalue weighted by Gasteiger charge is -2.14. The molecule has 0 aliphatic heterocycles. The number of nitrogens with one attached hydrogen (secondary N) is 1. The van der Waals surface area contributed by atoms with Gasteiger partial charge in [-0.1, -0.05) is 72.8 Å². The fourth-order valence-corrected chi connectivity index (χ4v) is 2.74. The molecule has 0 spiro atoms. The van der Waals surface area contributed by atoms with E-state index in [1.54, 1.807) is 31.2 Å². The number of ether oxygens (including phenoxy) is 2. The molecule has 0 aliphatic carbocycles. The van der Waals surface area contributed by atoms with E-state index in [9.17, 15) is 9.59 Å². The maximum Gasteiger partial charge on any atom is 0.408 e. The summed E-state index contributed by atoms with van der Waals surface area (Å²) in [5.74, 6) is 0.297. The molecule has 0 aliphatic rings. The Kier molecular flexibility index (Phi) is 7.00. The van der Waals surface area contributed by atoms with Crippen molar-refractivity contribution in [2.24, 2.45) is 0 Å². The molecule has 5 heteroatoms. The number of carbonyl (C=O) groups is 2. The molecule has 0 saturated heterocycles. The molecule has 1 amide bonds. The zero-order valence-corrected chi connectivity index (χ0v) is 16.2. The van der Waals surface area contributed by atoms with Crippen LogP contribution in [0.1, 0.15) is 28.4 Å². The predicted molar refractivity (Wildman–Crippen MR) is 111 cm³/mol. The van der Waals surface area contributed by atoms with Crippen LogP contribution in [0.15, 0.2) is 84.9 Å². The summed E-state index contributed by atoms with van der Waals surface area (Å²) >= 11 is 0. The molecule has 0 bridgehead atoms. The van der Waals surface area contributed by atoms with Crippen LogP contribution in [0, 0.1) is 0 Å². The Morgan fingerprint density at radius 1 is 0.862 bits per heavy atom. The van der Waals surface area contributed by atoms with Gasteiger partial charge in [-0.2, -0.15) is 0 Å². The number of amides is 1. The third-order valence-corrected chi connectivity index (χ3v) is 4.30. The molecule has 3 aromatic carbocycles. The maximum atomic E-state index is 12.6. The van der Waals surface area contributed by atoms with E-state index in [1.165, 1.54) is 0 Å². The average Bonchev–Trinajstić information content (AvgIpc) is 2.77. The molecule has 5 nitrogen and oxygen atoms in total. The molecule has 0 aromatic heterocycles. The van der Waals surface area contributed by atoms with Crippen LogP contribution in [0.5, 0.6) is 5.75 Å². The number of Topliss-reactive ketones (excluding diaryl/α,β-unsaturated/α-hetero) is 1. The molecule has 0 fully saturated rings. The van der Waals surface area contributed by atoms with Crippen LogP contribution in [0.3, 0.4) is 0 Å². The first kappa shape index (κ1) is 20.1. The van der Waals surface area contributed by atoms with E-state index in [4.69, 9.17) is 9.47 Å². The predicted octanol–water partition coefficient (Wildman–Crippen LogP) is 4.76. The van der Waals surface area contributed by atoms with Crippen LogP contribution in [0.2, 0.25) is 0 Å². The first-order valence-corrected chi connectivity index (χ1v) is 9.41. The first-order chi connectivity index (χ1) is 14.1. The van der Waals surface area contributed by atoms with Crippen molar-refractivity contribution in [3.8, 4) is 5.75 Å². The lowest BCUT2D eigenvalue weighted by molar-refractivity contribution is 0.0670. The monoisotopic (exact) mass is 389 g/mol. The minimum Gasteiger partial charge on any atom is -0.489 e. The van der Waals surface area contributed by atoms with E-state index in [1.807, 2.05) is 60.7 Å². The minimum absolute atomic E-state index is 0.287. The zero-order chi connectivity index (χ0) is 20.5. The number of hydrogen-bond acceptors (Lipinski definition) is 4. The van der Waals surface area contributed by atoms with Gasteiger partial charge in [0.05, 0.1) is 0 Å². The highest BCUT2D eigenvalue weighted by molar-refractivity contribution is 6.00. The van der Waals surface area contributed by atoms with Gasteiger partial charge in [-0.05, 0) is 30.2 Å². The quantitative estimate of drug-likeness (QED) is 0.564. The number of rotatable bonds is 8. The standard InChI is InChI=1S/C24H23NO4/c1-18(29-24(27)25-16-19-9-4-2-5-10-19)23(26)21-13-8-14-22(15-21)28-17-20-11-6-3-7-12-20/h2-15,18H,16-17H2,1H3,(H,25,27)/t18-/m0/s1. The van der Waals surface area contributed by atoms with Gasteiger partial charge in [-0.3, -0.25) is 4.79 Å². The van der Waals surface area contributed by atoms with E-state index < -0.39 is 12.2 Å². The summed E-state index contributed by atoms with van der Waals surface area (Å²) in [6.07, 6.45) is -1.54. The summed E-state index contributed by atoms with van der Waals surface area (Å²) in [4.78, 5) is 24.6. The average molecular weight is 389 g/mol. The fourth-order valence-electron chi connectivity index (χ4n) is 2.74. The Morgan fingerprint density at radius 3 is 2.21 bits per heavy atom. The number of hydrogen-bond donors (Lipinski definition) is 1. The van der Waals surface area contributed by atoms with Crippen molar-refractivity contribution < 1.29 is 19.1 Å². The van der Waals surface area contributed by atoms with E-state index in [-0.39, 0.29) is 5.78 Å². The molecule has 148 valence electrons. The van der Waals surface area contributed by atoms with Crippen LogP contribution in [-0.2, 0) is 17.9 Å². The Labute approximate surface area is 170 Å². The van der Waals surface area contributed by atoms with Crippen molar-refractivity contribution >= 4 is 11.9 Å². The van der Waals surface area contributed by atoms with Crippen LogP contribution in [0.4, 0.5) is 4.79 Å². The van der Waals surface area contributed by atoms with Crippen LogP contribution < -0.4 is 10.1 Å². The van der Waals surface area contributed by atoms with E-state index in [2.05, 4.69) is 5.32 Å². The number of alkyl carbamates (subject to hydrolysis) is 1. The zero-order valence-electron chi connectivity index (χ0n) is 16.2. The van der Waals surface area contributed by atoms with Crippen molar-refractivity contribution in [2.45, 2.75) is 26.2 Å². The molecular formula is C24H23NO4. The number of ketones is 1. The molecular weight excluding hydrogens is 366 g/mol. The van der Waals surface area contributed by atoms with Crippen LogP contribution in [0.25, 0.3) is 0 Å². The molecule has 0 radical (unpaired) electrons.